The Morgan fingerprint density at radius 2 is 1.26 bits per heavy atom. The zero-order chi connectivity index (χ0) is 17.4. The molecule has 0 atom stereocenters. The van der Waals surface area contributed by atoms with E-state index in [0.29, 0.717) is 0 Å². The summed E-state index contributed by atoms with van der Waals surface area (Å²) in [6, 6.07) is 11.1. The lowest BCUT2D eigenvalue weighted by Gasteiger charge is -2.39. The third kappa shape index (κ3) is 10.6. The van der Waals surface area contributed by atoms with Gasteiger partial charge in [-0.1, -0.05) is 88.5 Å². The molecule has 0 aliphatic rings. The van der Waals surface area contributed by atoms with E-state index in [0.717, 1.165) is 0 Å². The Kier molecular flexibility index (Phi) is 14.3. The molecule has 0 saturated heterocycles. The van der Waals surface area contributed by atoms with E-state index in [1.54, 1.807) is 0 Å². The number of hydrogen-bond donors (Lipinski definition) is 0. The maximum Gasteiger partial charge on any atom is 0.104 e. The fraction of sp³-hybridized carbons (Fsp3) is 0.619. The van der Waals surface area contributed by atoms with Crippen molar-refractivity contribution < 1.29 is 4.48 Å². The molecule has 0 radical (unpaired) electrons. The zero-order valence-electron chi connectivity index (χ0n) is 15.6. The minimum atomic E-state index is 1.22. The van der Waals surface area contributed by atoms with Gasteiger partial charge in [-0.05, 0) is 24.8 Å². The van der Waals surface area contributed by atoms with Gasteiger partial charge in [-0.15, -0.1) is 0 Å². The van der Waals surface area contributed by atoms with Gasteiger partial charge < -0.3 is 4.48 Å². The molecule has 1 aromatic carbocycles. The lowest BCUT2D eigenvalue weighted by Crippen LogP contribution is -2.49. The molecule has 0 N–H and O–H groups in total. The predicted octanol–water partition coefficient (Wildman–Crippen LogP) is 6.77. The summed E-state index contributed by atoms with van der Waals surface area (Å²) in [6.45, 7) is 15.4. The Hall–Kier alpha value is -0.790. The normalized spacial score (nSPS) is 10.8. The number of unbranched alkanes of at least 4 members (excludes halogenated alkanes) is 3. The summed E-state index contributed by atoms with van der Waals surface area (Å²) in [5, 5.41) is 0. The fourth-order valence-corrected chi connectivity index (χ4v) is 3.02. The van der Waals surface area contributed by atoms with Crippen LogP contribution in [0, 0.1) is 0 Å². The molecule has 23 heavy (non-hydrogen) atoms. The number of hydrogen-bond acceptors (Lipinski definition) is 0. The third-order valence-electron chi connectivity index (χ3n) is 4.32. The van der Waals surface area contributed by atoms with Crippen LogP contribution in [0.15, 0.2) is 42.4 Å². The van der Waals surface area contributed by atoms with Crippen molar-refractivity contribution in [3.05, 3.63) is 48.0 Å². The van der Waals surface area contributed by atoms with E-state index >= 15 is 0 Å². The minimum absolute atomic E-state index is 1.22. The summed E-state index contributed by atoms with van der Waals surface area (Å²) in [5.74, 6) is 0. The minimum Gasteiger partial charge on any atom is -0.320 e. The molecule has 0 amide bonds. The van der Waals surface area contributed by atoms with E-state index in [9.17, 15) is 0 Å². The van der Waals surface area contributed by atoms with Crippen LogP contribution in [0.2, 0.25) is 0 Å². The Morgan fingerprint density at radius 3 is 1.61 bits per heavy atom. The van der Waals surface area contributed by atoms with Crippen LogP contribution in [-0.4, -0.2) is 24.1 Å². The monoisotopic (exact) mass is 338 g/mol. The summed E-state index contributed by atoms with van der Waals surface area (Å²) in [4.78, 5) is 0. The van der Waals surface area contributed by atoms with Gasteiger partial charge in [0.25, 0.3) is 0 Å². The average Bonchev–Trinajstić information content (AvgIpc) is 2.58. The van der Waals surface area contributed by atoms with E-state index in [-0.39, 0.29) is 0 Å². The van der Waals surface area contributed by atoms with Gasteiger partial charge in [0.1, 0.15) is 6.54 Å². The number of nitrogens with zero attached hydrogens (tertiary/aromatic N) is 1. The number of rotatable bonds is 11. The first-order chi connectivity index (χ1) is 11.2. The van der Waals surface area contributed by atoms with Gasteiger partial charge in [-0.25, -0.2) is 0 Å². The molecule has 0 aromatic heterocycles. The molecule has 0 aliphatic carbocycles. The van der Waals surface area contributed by atoms with Gasteiger partial charge in [0.05, 0.1) is 19.6 Å². The molecule has 0 spiro atoms. The largest absolute Gasteiger partial charge is 0.320 e. The van der Waals surface area contributed by atoms with Gasteiger partial charge in [0, 0.05) is 5.56 Å². The van der Waals surface area contributed by atoms with E-state index in [1.807, 2.05) is 0 Å². The zero-order valence-corrected chi connectivity index (χ0v) is 16.3. The van der Waals surface area contributed by atoms with Gasteiger partial charge in [-0.3, -0.25) is 0 Å². The average molecular weight is 339 g/mol. The first kappa shape index (κ1) is 22.2. The van der Waals surface area contributed by atoms with Crippen molar-refractivity contribution in [2.75, 3.05) is 19.6 Å². The molecule has 0 aliphatic heterocycles. The third-order valence-corrected chi connectivity index (χ3v) is 4.32. The van der Waals surface area contributed by atoms with Crippen LogP contribution in [-0.2, 0) is 6.54 Å². The molecule has 0 bridgehead atoms. The lowest BCUT2D eigenvalue weighted by atomic mass is 10.1. The lowest BCUT2D eigenvalue weighted by molar-refractivity contribution is -0.941. The Labute approximate surface area is 149 Å². The molecular formula is C21H37ClN+. The molecule has 1 nitrogen and oxygen atoms in total. The van der Waals surface area contributed by atoms with Crippen molar-refractivity contribution in [3.63, 3.8) is 0 Å². The predicted molar refractivity (Wildman–Crippen MR) is 106 cm³/mol. The second kappa shape index (κ2) is 14.8. The van der Waals surface area contributed by atoms with Crippen molar-refractivity contribution in [2.24, 2.45) is 0 Å². The van der Waals surface area contributed by atoms with Crippen LogP contribution >= 0.6 is 11.6 Å². The van der Waals surface area contributed by atoms with Crippen molar-refractivity contribution in [1.82, 2.24) is 0 Å². The first-order valence-corrected chi connectivity index (χ1v) is 9.71. The van der Waals surface area contributed by atoms with Gasteiger partial charge in [-0.2, -0.15) is 0 Å². The van der Waals surface area contributed by atoms with Crippen LogP contribution in [0.25, 0.3) is 0 Å². The molecular weight excluding hydrogens is 302 g/mol. The van der Waals surface area contributed by atoms with Gasteiger partial charge >= 0.3 is 0 Å². The van der Waals surface area contributed by atoms with Gasteiger partial charge in [0.2, 0.25) is 0 Å². The maximum absolute atomic E-state index is 4.76. The summed E-state index contributed by atoms with van der Waals surface area (Å²) in [7, 11) is 0. The van der Waals surface area contributed by atoms with E-state index in [4.69, 9.17) is 11.6 Å². The Balaban J connectivity index is 0.00000149. The van der Waals surface area contributed by atoms with Crippen molar-refractivity contribution in [1.29, 1.82) is 0 Å². The second-order valence-corrected chi connectivity index (χ2v) is 6.68. The summed E-state index contributed by atoms with van der Waals surface area (Å²) >= 11 is 4.76. The van der Waals surface area contributed by atoms with Crippen molar-refractivity contribution >= 4 is 11.6 Å². The standard InChI is InChI=1S/C19H34N.C2H3Cl/c1-4-7-15-20(16-8-5-2,17-9-6-3)18-19-13-11-10-12-14-19;1-2-3/h10-14H,4-9,15-18H2,1-3H3;2H,1H2/q+1;. The highest BCUT2D eigenvalue weighted by atomic mass is 35.5. The summed E-state index contributed by atoms with van der Waals surface area (Å²) in [5.41, 5.74) is 2.73. The second-order valence-electron chi connectivity index (χ2n) is 6.37. The maximum atomic E-state index is 4.76. The molecule has 2 heteroatoms. The molecule has 0 unspecified atom stereocenters. The Bertz CT molecular complexity index is 353. The highest BCUT2D eigenvalue weighted by Gasteiger charge is 2.25. The van der Waals surface area contributed by atoms with Gasteiger partial charge in [0.15, 0.2) is 0 Å². The van der Waals surface area contributed by atoms with Crippen LogP contribution in [0.1, 0.15) is 64.9 Å². The number of quaternary nitrogens is 1. The highest BCUT2D eigenvalue weighted by Crippen LogP contribution is 2.19. The topological polar surface area (TPSA) is 0 Å². The Morgan fingerprint density at radius 1 is 0.870 bits per heavy atom. The van der Waals surface area contributed by atoms with Crippen LogP contribution in [0.3, 0.4) is 0 Å². The highest BCUT2D eigenvalue weighted by molar-refractivity contribution is 6.25. The quantitative estimate of drug-likeness (QED) is 0.390. The molecule has 0 saturated carbocycles. The SMILES string of the molecule is C=CCl.CCCC[N+](CCCC)(CCCC)Cc1ccccc1. The molecule has 1 rings (SSSR count). The number of halogens is 1. The van der Waals surface area contributed by atoms with Crippen LogP contribution in [0.4, 0.5) is 0 Å². The molecule has 0 heterocycles. The van der Waals surface area contributed by atoms with Crippen LogP contribution < -0.4 is 0 Å². The molecule has 1 aromatic rings. The summed E-state index contributed by atoms with van der Waals surface area (Å²) < 4.78 is 1.31. The van der Waals surface area contributed by atoms with E-state index in [2.05, 4.69) is 57.7 Å². The molecule has 0 fully saturated rings. The summed E-state index contributed by atoms with van der Waals surface area (Å²) in [6.07, 6.45) is 8.02. The smallest absolute Gasteiger partial charge is 0.104 e. The van der Waals surface area contributed by atoms with E-state index in [1.165, 1.54) is 80.3 Å². The van der Waals surface area contributed by atoms with E-state index < -0.39 is 0 Å². The first-order valence-electron chi connectivity index (χ1n) is 9.28. The molecule has 132 valence electrons. The van der Waals surface area contributed by atoms with Crippen molar-refractivity contribution in [3.8, 4) is 0 Å². The fourth-order valence-electron chi connectivity index (χ4n) is 3.02. The number of benzene rings is 1. The van der Waals surface area contributed by atoms with Crippen molar-refractivity contribution in [2.45, 2.75) is 65.8 Å². The van der Waals surface area contributed by atoms with Crippen LogP contribution in [0.5, 0.6) is 0 Å².